The maximum atomic E-state index is 10.7. The summed E-state index contributed by atoms with van der Waals surface area (Å²) < 4.78 is 1.14. The third-order valence-electron chi connectivity index (χ3n) is 6.20. The molecule has 2 fully saturated rings. The normalized spacial score (nSPS) is 25.6. The van der Waals surface area contributed by atoms with Crippen LogP contribution in [0.4, 0.5) is 0 Å². The lowest BCUT2D eigenvalue weighted by atomic mass is 9.88. The number of hydrogen-bond donors (Lipinski definition) is 1. The number of likely N-dealkylation sites (tertiary alicyclic amines) is 2. The molecular formula is C23H29BrN2O. The minimum atomic E-state index is -0.197. The lowest BCUT2D eigenvalue weighted by Crippen LogP contribution is -2.56. The van der Waals surface area contributed by atoms with E-state index >= 15 is 0 Å². The molecule has 0 aliphatic carbocycles. The lowest BCUT2D eigenvalue weighted by molar-refractivity contribution is -0.0222. The molecule has 2 aliphatic rings. The quantitative estimate of drug-likeness (QED) is 0.787. The summed E-state index contributed by atoms with van der Waals surface area (Å²) in [5.74, 6) is 0.668. The van der Waals surface area contributed by atoms with Crippen LogP contribution in [-0.2, 0) is 6.54 Å². The van der Waals surface area contributed by atoms with Crippen LogP contribution in [0.25, 0.3) is 0 Å². The van der Waals surface area contributed by atoms with E-state index in [1.807, 2.05) is 0 Å². The number of hydrogen-bond acceptors (Lipinski definition) is 3. The second-order valence-corrected chi connectivity index (χ2v) is 8.93. The second kappa shape index (κ2) is 8.87. The smallest absolute Gasteiger partial charge is 0.0720 e. The Morgan fingerprint density at radius 2 is 1.70 bits per heavy atom. The molecule has 0 saturated carbocycles. The van der Waals surface area contributed by atoms with Crippen molar-refractivity contribution in [3.63, 3.8) is 0 Å². The summed E-state index contributed by atoms with van der Waals surface area (Å²) in [4.78, 5) is 5.04. The lowest BCUT2D eigenvalue weighted by Gasteiger charge is -2.45. The molecule has 4 heteroatoms. The monoisotopic (exact) mass is 428 g/mol. The molecule has 3 nitrogen and oxygen atoms in total. The van der Waals surface area contributed by atoms with Gasteiger partial charge in [0.15, 0.2) is 0 Å². The fourth-order valence-electron chi connectivity index (χ4n) is 4.67. The van der Waals surface area contributed by atoms with Crippen LogP contribution >= 0.6 is 15.9 Å². The van der Waals surface area contributed by atoms with E-state index in [9.17, 15) is 5.11 Å². The first-order valence-electron chi connectivity index (χ1n) is 10.1. The van der Waals surface area contributed by atoms with E-state index in [2.05, 4.69) is 80.3 Å². The van der Waals surface area contributed by atoms with Crippen LogP contribution in [-0.4, -0.2) is 53.2 Å². The van der Waals surface area contributed by atoms with Gasteiger partial charge in [-0.2, -0.15) is 0 Å². The maximum Gasteiger partial charge on any atom is 0.0720 e. The van der Waals surface area contributed by atoms with Gasteiger partial charge in [0.2, 0.25) is 0 Å². The SMILES string of the molecule is O[C@@H]1CCN(Cc2cccc(Br)c2)C[C@H]1N1CCC(c2ccccc2)CC1. The van der Waals surface area contributed by atoms with Crippen molar-refractivity contribution < 1.29 is 5.11 Å². The van der Waals surface area contributed by atoms with Gasteiger partial charge in [0.25, 0.3) is 0 Å². The molecule has 2 aromatic carbocycles. The highest BCUT2D eigenvalue weighted by atomic mass is 79.9. The van der Waals surface area contributed by atoms with Crippen LogP contribution in [0.15, 0.2) is 59.1 Å². The number of nitrogens with zero attached hydrogens (tertiary/aromatic N) is 2. The summed E-state index contributed by atoms with van der Waals surface area (Å²) in [7, 11) is 0. The van der Waals surface area contributed by atoms with E-state index in [1.54, 1.807) is 0 Å². The Morgan fingerprint density at radius 3 is 2.44 bits per heavy atom. The van der Waals surface area contributed by atoms with Crippen LogP contribution in [0.1, 0.15) is 36.3 Å². The zero-order valence-electron chi connectivity index (χ0n) is 15.8. The maximum absolute atomic E-state index is 10.7. The van der Waals surface area contributed by atoms with Crippen molar-refractivity contribution in [1.82, 2.24) is 9.80 Å². The number of rotatable bonds is 4. The van der Waals surface area contributed by atoms with Crippen molar-refractivity contribution >= 4 is 15.9 Å². The van der Waals surface area contributed by atoms with Gasteiger partial charge in [-0.1, -0.05) is 58.4 Å². The van der Waals surface area contributed by atoms with E-state index < -0.39 is 0 Å². The molecule has 0 amide bonds. The Kier molecular flexibility index (Phi) is 6.28. The molecule has 144 valence electrons. The summed E-state index contributed by atoms with van der Waals surface area (Å²) in [5.41, 5.74) is 2.81. The first-order chi connectivity index (χ1) is 13.2. The molecule has 0 radical (unpaired) electrons. The standard InChI is InChI=1S/C23H29BrN2O/c24-21-8-4-5-18(15-21)16-25-12-11-23(27)22(17-25)26-13-9-20(10-14-26)19-6-2-1-3-7-19/h1-8,15,20,22-23,27H,9-14,16-17H2/t22-,23-/m1/s1. The van der Waals surface area contributed by atoms with Crippen LogP contribution in [0, 0.1) is 0 Å². The van der Waals surface area contributed by atoms with Gasteiger partial charge < -0.3 is 5.11 Å². The Hall–Kier alpha value is -1.20. The third kappa shape index (κ3) is 4.80. The fraction of sp³-hybridized carbons (Fsp3) is 0.478. The molecule has 2 aromatic rings. The summed E-state index contributed by atoms with van der Waals surface area (Å²) in [5, 5.41) is 10.7. The molecule has 0 aromatic heterocycles. The number of halogens is 1. The highest BCUT2D eigenvalue weighted by molar-refractivity contribution is 9.10. The van der Waals surface area contributed by atoms with Crippen molar-refractivity contribution in [2.75, 3.05) is 26.2 Å². The van der Waals surface area contributed by atoms with Gasteiger partial charge in [-0.15, -0.1) is 0 Å². The van der Waals surface area contributed by atoms with Crippen LogP contribution in [0.3, 0.4) is 0 Å². The van der Waals surface area contributed by atoms with Crippen LogP contribution in [0.2, 0.25) is 0 Å². The van der Waals surface area contributed by atoms with E-state index in [-0.39, 0.29) is 12.1 Å². The number of aliphatic hydroxyl groups excluding tert-OH is 1. The van der Waals surface area contributed by atoms with E-state index in [1.165, 1.54) is 24.0 Å². The predicted octanol–water partition coefficient (Wildman–Crippen LogP) is 4.26. The molecule has 2 aliphatic heterocycles. The average Bonchev–Trinajstić information content (AvgIpc) is 2.70. The van der Waals surface area contributed by atoms with Crippen molar-refractivity contribution in [3.8, 4) is 0 Å². The molecule has 0 bridgehead atoms. The summed E-state index contributed by atoms with van der Waals surface area (Å²) in [6, 6.07) is 19.7. The zero-order valence-corrected chi connectivity index (χ0v) is 17.4. The first kappa shape index (κ1) is 19.1. The van der Waals surface area contributed by atoms with Gasteiger partial charge in [-0.3, -0.25) is 9.80 Å². The molecule has 0 spiro atoms. The molecule has 2 saturated heterocycles. The third-order valence-corrected chi connectivity index (χ3v) is 6.69. The summed E-state index contributed by atoms with van der Waals surface area (Å²) >= 11 is 3.57. The molecule has 0 unspecified atom stereocenters. The molecule has 27 heavy (non-hydrogen) atoms. The van der Waals surface area contributed by atoms with E-state index in [0.29, 0.717) is 5.92 Å². The van der Waals surface area contributed by atoms with Crippen molar-refractivity contribution in [3.05, 3.63) is 70.2 Å². The Bertz CT molecular complexity index is 730. The van der Waals surface area contributed by atoms with Gasteiger partial charge in [-0.05, 0) is 61.5 Å². The van der Waals surface area contributed by atoms with Gasteiger partial charge >= 0.3 is 0 Å². The van der Waals surface area contributed by atoms with Crippen LogP contribution < -0.4 is 0 Å². The Labute approximate surface area is 171 Å². The van der Waals surface area contributed by atoms with Gasteiger partial charge in [0.05, 0.1) is 6.10 Å². The number of benzene rings is 2. The predicted molar refractivity (Wildman–Crippen MR) is 114 cm³/mol. The van der Waals surface area contributed by atoms with Crippen molar-refractivity contribution in [2.45, 2.75) is 43.9 Å². The van der Waals surface area contributed by atoms with Crippen molar-refractivity contribution in [2.24, 2.45) is 0 Å². The minimum Gasteiger partial charge on any atom is -0.391 e. The summed E-state index contributed by atoms with van der Waals surface area (Å²) in [6.45, 7) is 5.08. The highest BCUT2D eigenvalue weighted by Crippen LogP contribution is 2.30. The van der Waals surface area contributed by atoms with E-state index in [0.717, 1.165) is 43.6 Å². The largest absolute Gasteiger partial charge is 0.391 e. The summed E-state index contributed by atoms with van der Waals surface area (Å²) in [6.07, 6.45) is 3.06. The number of aliphatic hydroxyl groups is 1. The van der Waals surface area contributed by atoms with Gasteiger partial charge in [0, 0.05) is 30.1 Å². The molecular weight excluding hydrogens is 400 g/mol. The molecule has 2 atom stereocenters. The zero-order chi connectivity index (χ0) is 18.6. The highest BCUT2D eigenvalue weighted by Gasteiger charge is 2.34. The topological polar surface area (TPSA) is 26.7 Å². The minimum absolute atomic E-state index is 0.197. The van der Waals surface area contributed by atoms with Gasteiger partial charge in [-0.25, -0.2) is 0 Å². The number of piperidine rings is 2. The first-order valence-corrected chi connectivity index (χ1v) is 10.9. The molecule has 2 heterocycles. The van der Waals surface area contributed by atoms with E-state index in [4.69, 9.17) is 0 Å². The molecule has 1 N–H and O–H groups in total. The average molecular weight is 429 g/mol. The Balaban J connectivity index is 1.35. The van der Waals surface area contributed by atoms with Crippen LogP contribution in [0.5, 0.6) is 0 Å². The molecule has 4 rings (SSSR count). The second-order valence-electron chi connectivity index (χ2n) is 8.01. The Morgan fingerprint density at radius 1 is 0.926 bits per heavy atom. The van der Waals surface area contributed by atoms with Gasteiger partial charge in [0.1, 0.15) is 0 Å². The van der Waals surface area contributed by atoms with Crippen molar-refractivity contribution in [1.29, 1.82) is 0 Å². The fourth-order valence-corrected chi connectivity index (χ4v) is 5.12.